The van der Waals surface area contributed by atoms with Crippen molar-refractivity contribution in [3.05, 3.63) is 63.9 Å². The van der Waals surface area contributed by atoms with Crippen molar-refractivity contribution in [2.45, 2.75) is 44.2 Å². The molecule has 182 valence electrons. The lowest BCUT2D eigenvalue weighted by Crippen LogP contribution is -2.14. The van der Waals surface area contributed by atoms with E-state index in [-0.39, 0.29) is 17.0 Å². The first kappa shape index (κ1) is 26.7. The second-order valence-electron chi connectivity index (χ2n) is 6.79. The standard InChI is InChI=1S/C12H12ClF3N2O.C8H4F6/c1-2-7(10-3-4-19-18-10)8-5-11(12(14,15)16)17-6-9(8)13;9-7(10,11)5-2-1-3-6(4-5)8(12,13)14/h5-7H,2-4H2,1H3;1-4H/t7-;/m1./s1. The van der Waals surface area contributed by atoms with Crippen LogP contribution in [0, 0.1) is 0 Å². The minimum atomic E-state index is -4.75. The summed E-state index contributed by atoms with van der Waals surface area (Å²) in [7, 11) is 0. The zero-order chi connectivity index (χ0) is 25.0. The number of alkyl halides is 9. The van der Waals surface area contributed by atoms with E-state index in [9.17, 15) is 39.5 Å². The number of pyridine rings is 1. The Morgan fingerprint density at radius 3 is 1.94 bits per heavy atom. The summed E-state index contributed by atoms with van der Waals surface area (Å²) in [6.07, 6.45) is -11.7. The fourth-order valence-corrected chi connectivity index (χ4v) is 3.18. The fraction of sp³-hybridized carbons (Fsp3) is 0.400. The average Bonchev–Trinajstić information content (AvgIpc) is 3.23. The molecule has 2 aromatic rings. The van der Waals surface area contributed by atoms with Crippen molar-refractivity contribution in [2.24, 2.45) is 5.16 Å². The fourth-order valence-electron chi connectivity index (χ4n) is 2.95. The van der Waals surface area contributed by atoms with Crippen LogP contribution in [0.1, 0.15) is 48.1 Å². The predicted molar refractivity (Wildman–Crippen MR) is 102 cm³/mol. The highest BCUT2D eigenvalue weighted by atomic mass is 35.5. The molecular formula is C20H16ClF9N2O. The predicted octanol–water partition coefficient (Wildman–Crippen LogP) is 7.75. The molecule has 1 aliphatic heterocycles. The lowest BCUT2D eigenvalue weighted by Gasteiger charge is -2.17. The van der Waals surface area contributed by atoms with E-state index < -0.39 is 35.3 Å². The Balaban J connectivity index is 0.000000245. The Morgan fingerprint density at radius 2 is 1.52 bits per heavy atom. The van der Waals surface area contributed by atoms with Crippen LogP contribution >= 0.6 is 11.6 Å². The maximum Gasteiger partial charge on any atom is 0.433 e. The van der Waals surface area contributed by atoms with Gasteiger partial charge in [0.1, 0.15) is 12.3 Å². The summed E-state index contributed by atoms with van der Waals surface area (Å²) in [4.78, 5) is 8.23. The highest BCUT2D eigenvalue weighted by Gasteiger charge is 2.36. The van der Waals surface area contributed by atoms with Crippen molar-refractivity contribution in [1.82, 2.24) is 4.98 Å². The highest BCUT2D eigenvalue weighted by Crippen LogP contribution is 2.36. The molecule has 13 heteroatoms. The average molecular weight is 507 g/mol. The molecule has 0 fully saturated rings. The third-order valence-electron chi connectivity index (χ3n) is 4.51. The van der Waals surface area contributed by atoms with Crippen molar-refractivity contribution in [2.75, 3.05) is 6.61 Å². The number of benzene rings is 1. The van der Waals surface area contributed by atoms with Crippen molar-refractivity contribution < 1.29 is 44.4 Å². The van der Waals surface area contributed by atoms with E-state index in [1.165, 1.54) is 0 Å². The molecule has 0 aliphatic carbocycles. The molecule has 0 unspecified atom stereocenters. The topological polar surface area (TPSA) is 34.5 Å². The number of rotatable bonds is 3. The van der Waals surface area contributed by atoms with Gasteiger partial charge in [-0.1, -0.05) is 29.7 Å². The van der Waals surface area contributed by atoms with E-state index in [0.717, 1.165) is 24.0 Å². The van der Waals surface area contributed by atoms with E-state index in [2.05, 4.69) is 10.1 Å². The molecular weight excluding hydrogens is 491 g/mol. The van der Waals surface area contributed by atoms with Crippen LogP contribution in [0.3, 0.4) is 0 Å². The van der Waals surface area contributed by atoms with Gasteiger partial charge in [-0.05, 0) is 36.2 Å². The Hall–Kier alpha value is -2.50. The smallest absolute Gasteiger partial charge is 0.395 e. The third kappa shape index (κ3) is 7.24. The summed E-state index contributed by atoms with van der Waals surface area (Å²) in [6, 6.07) is 2.99. The van der Waals surface area contributed by atoms with Crippen molar-refractivity contribution in [1.29, 1.82) is 0 Å². The van der Waals surface area contributed by atoms with Gasteiger partial charge >= 0.3 is 18.5 Å². The van der Waals surface area contributed by atoms with Gasteiger partial charge in [-0.2, -0.15) is 39.5 Å². The minimum absolute atomic E-state index is 0.0833. The normalized spacial score (nSPS) is 15.3. The van der Waals surface area contributed by atoms with Gasteiger partial charge < -0.3 is 4.84 Å². The van der Waals surface area contributed by atoms with Crippen molar-refractivity contribution in [3.63, 3.8) is 0 Å². The first-order valence-corrected chi connectivity index (χ1v) is 9.68. The lowest BCUT2D eigenvalue weighted by atomic mass is 9.90. The van der Waals surface area contributed by atoms with Crippen molar-refractivity contribution in [3.8, 4) is 0 Å². The molecule has 0 spiro atoms. The highest BCUT2D eigenvalue weighted by molar-refractivity contribution is 6.31. The Kier molecular flexibility index (Phi) is 8.26. The van der Waals surface area contributed by atoms with Gasteiger partial charge in [0.15, 0.2) is 0 Å². The molecule has 1 aliphatic rings. The van der Waals surface area contributed by atoms with Crippen LogP contribution in [0.2, 0.25) is 5.02 Å². The number of hydrogen-bond donors (Lipinski definition) is 0. The van der Waals surface area contributed by atoms with Crippen LogP contribution in [0.5, 0.6) is 0 Å². The molecule has 1 aromatic heterocycles. The summed E-state index contributed by atoms with van der Waals surface area (Å²) in [6.45, 7) is 2.33. The minimum Gasteiger partial charge on any atom is -0.395 e. The van der Waals surface area contributed by atoms with E-state index >= 15 is 0 Å². The van der Waals surface area contributed by atoms with E-state index in [1.54, 1.807) is 0 Å². The van der Waals surface area contributed by atoms with Crippen LogP contribution in [0.25, 0.3) is 0 Å². The summed E-state index contributed by atoms with van der Waals surface area (Å²) >= 11 is 5.97. The number of hydrogen-bond acceptors (Lipinski definition) is 3. The summed E-state index contributed by atoms with van der Waals surface area (Å²) in [5, 5.41) is 4.09. The molecule has 33 heavy (non-hydrogen) atoms. The molecule has 0 amide bonds. The number of aromatic nitrogens is 1. The van der Waals surface area contributed by atoms with Crippen LogP contribution < -0.4 is 0 Å². The molecule has 0 radical (unpaired) electrons. The number of nitrogens with zero attached hydrogens (tertiary/aromatic N) is 2. The van der Waals surface area contributed by atoms with Gasteiger partial charge in [0.05, 0.1) is 21.9 Å². The molecule has 1 atom stereocenters. The first-order valence-electron chi connectivity index (χ1n) is 9.30. The largest absolute Gasteiger partial charge is 0.433 e. The number of halogens is 10. The van der Waals surface area contributed by atoms with E-state index in [0.29, 0.717) is 37.1 Å². The molecule has 3 rings (SSSR count). The molecule has 3 nitrogen and oxygen atoms in total. The SMILES string of the molecule is CC[C@@H](C1=NOCC1)c1cc(C(F)(F)F)ncc1Cl.FC(F)(F)c1cccc(C(F)(F)F)c1. The van der Waals surface area contributed by atoms with Crippen molar-refractivity contribution >= 4 is 17.3 Å². The molecule has 1 aromatic carbocycles. The molecule has 0 N–H and O–H groups in total. The van der Waals surface area contributed by atoms with Crippen LogP contribution in [0.15, 0.2) is 41.7 Å². The monoisotopic (exact) mass is 506 g/mol. The van der Waals surface area contributed by atoms with Gasteiger partial charge in [0, 0.05) is 18.5 Å². The summed E-state index contributed by atoms with van der Waals surface area (Å²) < 4.78 is 110. The second kappa shape index (κ2) is 10.2. The zero-order valence-electron chi connectivity index (χ0n) is 16.7. The maximum absolute atomic E-state index is 12.7. The maximum atomic E-state index is 12.7. The Morgan fingerprint density at radius 1 is 0.939 bits per heavy atom. The van der Waals surface area contributed by atoms with E-state index in [1.807, 2.05) is 6.92 Å². The Bertz CT molecular complexity index is 955. The zero-order valence-corrected chi connectivity index (χ0v) is 17.5. The van der Waals surface area contributed by atoms with Gasteiger partial charge in [-0.3, -0.25) is 4.98 Å². The molecule has 0 saturated carbocycles. The van der Waals surface area contributed by atoms with Gasteiger partial charge in [-0.25, -0.2) is 0 Å². The number of oxime groups is 1. The molecule has 2 heterocycles. The van der Waals surface area contributed by atoms with Gasteiger partial charge in [-0.15, -0.1) is 0 Å². The second-order valence-corrected chi connectivity index (χ2v) is 7.20. The van der Waals surface area contributed by atoms with Crippen LogP contribution in [0.4, 0.5) is 39.5 Å². The lowest BCUT2D eigenvalue weighted by molar-refractivity contribution is -0.143. The van der Waals surface area contributed by atoms with Gasteiger partial charge in [0.2, 0.25) is 0 Å². The molecule has 0 bridgehead atoms. The van der Waals surface area contributed by atoms with E-state index in [4.69, 9.17) is 16.4 Å². The first-order chi connectivity index (χ1) is 15.1. The quantitative estimate of drug-likeness (QED) is 0.399. The van der Waals surface area contributed by atoms with Crippen LogP contribution in [-0.2, 0) is 23.4 Å². The Labute approximate surface area is 187 Å². The summed E-state index contributed by atoms with van der Waals surface area (Å²) in [5.74, 6) is -0.265. The molecule has 0 saturated heterocycles. The summed E-state index contributed by atoms with van der Waals surface area (Å²) in [5.41, 5.74) is -2.41. The van der Waals surface area contributed by atoms with Gasteiger partial charge in [0.25, 0.3) is 0 Å². The third-order valence-corrected chi connectivity index (χ3v) is 4.83. The van der Waals surface area contributed by atoms with Crippen LogP contribution in [-0.4, -0.2) is 17.3 Å².